The summed E-state index contributed by atoms with van der Waals surface area (Å²) in [7, 11) is -3.43. The van der Waals surface area contributed by atoms with E-state index in [0.717, 1.165) is 12.3 Å². The van der Waals surface area contributed by atoms with Gasteiger partial charge in [0.05, 0.1) is 4.90 Å². The second kappa shape index (κ2) is 3.82. The Morgan fingerprint density at radius 1 is 1.27 bits per heavy atom. The van der Waals surface area contributed by atoms with Crippen molar-refractivity contribution in [3.63, 3.8) is 0 Å². The van der Waals surface area contributed by atoms with Gasteiger partial charge in [-0.25, -0.2) is 13.2 Å². The van der Waals surface area contributed by atoms with Crippen LogP contribution in [0.25, 0.3) is 0 Å². The average molecular weight is 228 g/mol. The van der Waals surface area contributed by atoms with E-state index in [1.54, 1.807) is 0 Å². The number of carbonyl (C=O) groups is 2. The maximum Gasteiger partial charge on any atom is 0.377 e. The van der Waals surface area contributed by atoms with Gasteiger partial charge in [-0.3, -0.25) is 4.79 Å². The molecule has 6 heteroatoms. The summed E-state index contributed by atoms with van der Waals surface area (Å²) in [6, 6.07) is 4.93. The Hall–Kier alpha value is -1.69. The van der Waals surface area contributed by atoms with Gasteiger partial charge in [-0.1, -0.05) is 12.1 Å². The third kappa shape index (κ3) is 2.63. The van der Waals surface area contributed by atoms with Gasteiger partial charge in [0.1, 0.15) is 0 Å². The van der Waals surface area contributed by atoms with Crippen LogP contribution in [-0.2, 0) is 14.6 Å². The SMILES string of the molecule is CS(=O)(=O)c1cccc(C(=O)C(=O)O)c1. The third-order valence-electron chi connectivity index (χ3n) is 1.72. The van der Waals surface area contributed by atoms with E-state index in [1.165, 1.54) is 18.2 Å². The number of carboxylic acids is 1. The predicted octanol–water partition coefficient (Wildman–Crippen LogP) is 0.357. The quantitative estimate of drug-likeness (QED) is 0.596. The third-order valence-corrected chi connectivity index (χ3v) is 2.83. The first-order valence-corrected chi connectivity index (χ1v) is 5.79. The first-order valence-electron chi connectivity index (χ1n) is 3.90. The lowest BCUT2D eigenvalue weighted by atomic mass is 10.1. The van der Waals surface area contributed by atoms with Gasteiger partial charge in [0, 0.05) is 11.8 Å². The smallest absolute Gasteiger partial charge is 0.377 e. The molecule has 1 aromatic rings. The van der Waals surface area contributed by atoms with Crippen LogP contribution in [0.2, 0.25) is 0 Å². The second-order valence-corrected chi connectivity index (χ2v) is 4.95. The number of hydrogen-bond acceptors (Lipinski definition) is 4. The molecule has 0 saturated carbocycles. The van der Waals surface area contributed by atoms with Crippen LogP contribution < -0.4 is 0 Å². The molecule has 0 bridgehead atoms. The molecule has 0 heterocycles. The molecule has 0 radical (unpaired) electrons. The van der Waals surface area contributed by atoms with E-state index in [2.05, 4.69) is 0 Å². The number of carboxylic acid groups (broad SMARTS) is 1. The first kappa shape index (κ1) is 11.4. The fourth-order valence-corrected chi connectivity index (χ4v) is 1.66. The van der Waals surface area contributed by atoms with Crippen LogP contribution in [-0.4, -0.2) is 31.5 Å². The minimum Gasteiger partial charge on any atom is -0.475 e. The molecule has 0 aliphatic carbocycles. The molecule has 1 rings (SSSR count). The van der Waals surface area contributed by atoms with Gasteiger partial charge in [0.25, 0.3) is 5.78 Å². The molecule has 0 unspecified atom stereocenters. The second-order valence-electron chi connectivity index (χ2n) is 2.93. The molecule has 0 saturated heterocycles. The lowest BCUT2D eigenvalue weighted by Gasteiger charge is -2.00. The summed E-state index contributed by atoms with van der Waals surface area (Å²) in [5, 5.41) is 8.43. The number of ketones is 1. The molecule has 5 nitrogen and oxygen atoms in total. The summed E-state index contributed by atoms with van der Waals surface area (Å²) < 4.78 is 22.2. The van der Waals surface area contributed by atoms with Crippen LogP contribution in [0.1, 0.15) is 10.4 Å². The zero-order valence-electron chi connectivity index (χ0n) is 7.80. The van der Waals surface area contributed by atoms with Crippen molar-refractivity contribution < 1.29 is 23.1 Å². The van der Waals surface area contributed by atoms with Gasteiger partial charge in [0.2, 0.25) is 0 Å². The molecule has 1 aromatic carbocycles. The minimum absolute atomic E-state index is 0.0744. The molecule has 0 aromatic heterocycles. The highest BCUT2D eigenvalue weighted by Crippen LogP contribution is 2.11. The van der Waals surface area contributed by atoms with Gasteiger partial charge in [0.15, 0.2) is 9.84 Å². The Labute approximate surface area is 86.3 Å². The summed E-state index contributed by atoms with van der Waals surface area (Å²) in [4.78, 5) is 21.3. The number of benzene rings is 1. The Morgan fingerprint density at radius 2 is 1.87 bits per heavy atom. The summed E-state index contributed by atoms with van der Waals surface area (Å²) in [5.74, 6) is -2.74. The molecule has 0 atom stereocenters. The first-order chi connectivity index (χ1) is 6.82. The zero-order valence-corrected chi connectivity index (χ0v) is 8.61. The largest absolute Gasteiger partial charge is 0.475 e. The maximum absolute atomic E-state index is 11.1. The average Bonchev–Trinajstić information content (AvgIpc) is 2.15. The monoisotopic (exact) mass is 228 g/mol. The van der Waals surface area contributed by atoms with E-state index in [9.17, 15) is 18.0 Å². The van der Waals surface area contributed by atoms with Crippen LogP contribution in [0.3, 0.4) is 0 Å². The number of sulfone groups is 1. The Bertz CT molecular complexity index is 515. The van der Waals surface area contributed by atoms with Crippen LogP contribution in [0.15, 0.2) is 29.2 Å². The van der Waals surface area contributed by atoms with Crippen molar-refractivity contribution in [2.45, 2.75) is 4.90 Å². The van der Waals surface area contributed by atoms with E-state index in [0.29, 0.717) is 0 Å². The molecule has 0 amide bonds. The van der Waals surface area contributed by atoms with E-state index in [-0.39, 0.29) is 10.5 Å². The van der Waals surface area contributed by atoms with Crippen molar-refractivity contribution in [2.24, 2.45) is 0 Å². The number of aliphatic carboxylic acids is 1. The summed E-state index contributed by atoms with van der Waals surface area (Å²) >= 11 is 0. The lowest BCUT2D eigenvalue weighted by Crippen LogP contribution is -2.13. The summed E-state index contributed by atoms with van der Waals surface area (Å²) in [5.41, 5.74) is -0.148. The predicted molar refractivity (Wildman–Crippen MR) is 51.5 cm³/mol. The Balaban J connectivity index is 3.26. The van der Waals surface area contributed by atoms with E-state index >= 15 is 0 Å². The number of Topliss-reactive ketones (excluding diaryl/α,β-unsaturated/α-hetero) is 1. The molecule has 80 valence electrons. The highest BCUT2D eigenvalue weighted by molar-refractivity contribution is 7.90. The molecule has 0 spiro atoms. The number of rotatable bonds is 3. The van der Waals surface area contributed by atoms with Crippen LogP contribution >= 0.6 is 0 Å². The van der Waals surface area contributed by atoms with Crippen LogP contribution in [0.5, 0.6) is 0 Å². The molecular formula is C9H8O5S. The van der Waals surface area contributed by atoms with Crippen molar-refractivity contribution in [3.8, 4) is 0 Å². The summed E-state index contributed by atoms with van der Waals surface area (Å²) in [6.07, 6.45) is 0.983. The van der Waals surface area contributed by atoms with Gasteiger partial charge in [-0.2, -0.15) is 0 Å². The van der Waals surface area contributed by atoms with E-state index in [1.807, 2.05) is 0 Å². The standard InChI is InChI=1S/C9H8O5S/c1-15(13,14)7-4-2-3-6(5-7)8(10)9(11)12/h2-5H,1H3,(H,11,12). The normalized spacial score (nSPS) is 11.0. The zero-order chi connectivity index (χ0) is 11.6. The van der Waals surface area contributed by atoms with Gasteiger partial charge in [-0.05, 0) is 12.1 Å². The van der Waals surface area contributed by atoms with E-state index < -0.39 is 21.6 Å². The molecule has 0 fully saturated rings. The molecule has 0 aliphatic rings. The highest BCUT2D eigenvalue weighted by atomic mass is 32.2. The molecule has 15 heavy (non-hydrogen) atoms. The fraction of sp³-hybridized carbons (Fsp3) is 0.111. The van der Waals surface area contributed by atoms with Crippen molar-refractivity contribution >= 4 is 21.6 Å². The van der Waals surface area contributed by atoms with Crippen LogP contribution in [0.4, 0.5) is 0 Å². The maximum atomic E-state index is 11.1. The van der Waals surface area contributed by atoms with Crippen molar-refractivity contribution in [1.29, 1.82) is 0 Å². The van der Waals surface area contributed by atoms with Crippen molar-refractivity contribution in [3.05, 3.63) is 29.8 Å². The van der Waals surface area contributed by atoms with Crippen molar-refractivity contribution in [2.75, 3.05) is 6.26 Å². The van der Waals surface area contributed by atoms with Gasteiger partial charge < -0.3 is 5.11 Å². The molecule has 0 aliphatic heterocycles. The highest BCUT2D eigenvalue weighted by Gasteiger charge is 2.16. The number of carbonyl (C=O) groups excluding carboxylic acids is 1. The molecule has 1 N–H and O–H groups in total. The van der Waals surface area contributed by atoms with Gasteiger partial charge >= 0.3 is 5.97 Å². The topological polar surface area (TPSA) is 88.5 Å². The van der Waals surface area contributed by atoms with Crippen LogP contribution in [0, 0.1) is 0 Å². The van der Waals surface area contributed by atoms with Gasteiger partial charge in [-0.15, -0.1) is 0 Å². The fourth-order valence-electron chi connectivity index (χ4n) is 0.991. The summed E-state index contributed by atoms with van der Waals surface area (Å²) in [6.45, 7) is 0. The van der Waals surface area contributed by atoms with Crippen molar-refractivity contribution in [1.82, 2.24) is 0 Å². The minimum atomic E-state index is -3.43. The Morgan fingerprint density at radius 3 is 2.33 bits per heavy atom. The van der Waals surface area contributed by atoms with E-state index in [4.69, 9.17) is 5.11 Å². The lowest BCUT2D eigenvalue weighted by molar-refractivity contribution is -0.131. The number of hydrogen-bond donors (Lipinski definition) is 1. The Kier molecular flexibility index (Phi) is 2.90. The molecular weight excluding hydrogens is 220 g/mol.